The molecule has 0 bridgehead atoms. The summed E-state index contributed by atoms with van der Waals surface area (Å²) in [5.74, 6) is 0.105. The Hall–Kier alpha value is -0.360. The summed E-state index contributed by atoms with van der Waals surface area (Å²) in [6.07, 6.45) is 5.40. The molecule has 1 heterocycles. The first-order valence-corrected chi connectivity index (χ1v) is 8.75. The maximum absolute atomic E-state index is 13.2. The molecule has 134 valence electrons. The molecule has 3 fully saturated rings. The lowest BCUT2D eigenvalue weighted by atomic mass is 9.54. The number of amides is 1. The van der Waals surface area contributed by atoms with Gasteiger partial charge >= 0.3 is 0 Å². The summed E-state index contributed by atoms with van der Waals surface area (Å²) in [7, 11) is 0. The summed E-state index contributed by atoms with van der Waals surface area (Å²) >= 11 is 0. The van der Waals surface area contributed by atoms with Crippen LogP contribution in [0.15, 0.2) is 0 Å². The maximum atomic E-state index is 13.2. The van der Waals surface area contributed by atoms with Crippen molar-refractivity contribution in [2.45, 2.75) is 76.7 Å². The standard InChI is InChI=1S/C17H30N2O3.ClH/c1-4-21-14-11-17(18,16(14,2)3)15(20)19-9-10-22-13-8-6-5-7-12(13)19;/h12-14H,4-11,18H2,1-3H3;1H. The lowest BCUT2D eigenvalue weighted by molar-refractivity contribution is -0.190. The van der Waals surface area contributed by atoms with Gasteiger partial charge in [0.05, 0.1) is 24.9 Å². The number of fused-ring (bicyclic) bond motifs is 1. The summed E-state index contributed by atoms with van der Waals surface area (Å²) in [4.78, 5) is 15.2. The monoisotopic (exact) mass is 346 g/mol. The molecule has 1 aliphatic heterocycles. The molecule has 1 saturated heterocycles. The van der Waals surface area contributed by atoms with E-state index in [0.29, 0.717) is 26.2 Å². The molecule has 0 aromatic rings. The van der Waals surface area contributed by atoms with E-state index < -0.39 is 5.54 Å². The van der Waals surface area contributed by atoms with Crippen molar-refractivity contribution in [3.63, 3.8) is 0 Å². The molecule has 4 atom stereocenters. The van der Waals surface area contributed by atoms with Crippen molar-refractivity contribution in [3.8, 4) is 0 Å². The van der Waals surface area contributed by atoms with Crippen molar-refractivity contribution in [1.29, 1.82) is 0 Å². The molecule has 1 amide bonds. The van der Waals surface area contributed by atoms with Gasteiger partial charge in [-0.05, 0) is 19.8 Å². The van der Waals surface area contributed by atoms with Crippen LogP contribution in [0, 0.1) is 5.41 Å². The van der Waals surface area contributed by atoms with E-state index in [1.165, 1.54) is 12.8 Å². The van der Waals surface area contributed by atoms with Crippen LogP contribution in [0.5, 0.6) is 0 Å². The minimum atomic E-state index is -0.799. The van der Waals surface area contributed by atoms with Crippen LogP contribution in [0.2, 0.25) is 0 Å². The lowest BCUT2D eigenvalue weighted by Crippen LogP contribution is -2.77. The van der Waals surface area contributed by atoms with Crippen LogP contribution in [0.1, 0.15) is 52.9 Å². The smallest absolute Gasteiger partial charge is 0.243 e. The minimum Gasteiger partial charge on any atom is -0.378 e. The van der Waals surface area contributed by atoms with E-state index in [-0.39, 0.29) is 42.0 Å². The summed E-state index contributed by atoms with van der Waals surface area (Å²) in [6, 6.07) is 0.220. The first-order chi connectivity index (χ1) is 10.4. The van der Waals surface area contributed by atoms with Crippen LogP contribution < -0.4 is 5.73 Å². The molecule has 0 radical (unpaired) electrons. The highest BCUT2D eigenvalue weighted by Crippen LogP contribution is 2.51. The van der Waals surface area contributed by atoms with Crippen molar-refractivity contribution in [2.24, 2.45) is 11.1 Å². The normalized spacial score (nSPS) is 39.0. The van der Waals surface area contributed by atoms with E-state index in [9.17, 15) is 4.79 Å². The Morgan fingerprint density at radius 3 is 2.70 bits per heavy atom. The van der Waals surface area contributed by atoms with E-state index in [2.05, 4.69) is 13.8 Å². The number of hydrogen-bond acceptors (Lipinski definition) is 4. The molecular weight excluding hydrogens is 316 g/mol. The third-order valence-electron chi connectivity index (χ3n) is 6.20. The van der Waals surface area contributed by atoms with Gasteiger partial charge in [-0.25, -0.2) is 0 Å². The Morgan fingerprint density at radius 2 is 2.04 bits per heavy atom. The van der Waals surface area contributed by atoms with Crippen molar-refractivity contribution < 1.29 is 14.3 Å². The molecule has 3 rings (SSSR count). The quantitative estimate of drug-likeness (QED) is 0.850. The Balaban J connectivity index is 0.00000192. The molecular formula is C17H31ClN2O3. The fraction of sp³-hybridized carbons (Fsp3) is 0.941. The third kappa shape index (κ3) is 2.90. The Labute approximate surface area is 145 Å². The zero-order valence-corrected chi connectivity index (χ0v) is 15.4. The van der Waals surface area contributed by atoms with Gasteiger partial charge in [0, 0.05) is 25.0 Å². The largest absolute Gasteiger partial charge is 0.378 e. The number of hydrogen-bond donors (Lipinski definition) is 1. The summed E-state index contributed by atoms with van der Waals surface area (Å²) in [5.41, 5.74) is 5.47. The average molecular weight is 347 g/mol. The SMILES string of the molecule is CCOC1CC(N)(C(=O)N2CCOC3CCCCC32)C1(C)C.Cl. The van der Waals surface area contributed by atoms with Crippen LogP contribution in [0.4, 0.5) is 0 Å². The summed E-state index contributed by atoms with van der Waals surface area (Å²) < 4.78 is 11.6. The lowest BCUT2D eigenvalue weighted by Gasteiger charge is -2.60. The first-order valence-electron chi connectivity index (χ1n) is 8.75. The molecule has 4 unspecified atom stereocenters. The van der Waals surface area contributed by atoms with Crippen molar-refractivity contribution >= 4 is 18.3 Å². The van der Waals surface area contributed by atoms with Gasteiger partial charge in [0.25, 0.3) is 0 Å². The van der Waals surface area contributed by atoms with Crippen LogP contribution in [-0.2, 0) is 14.3 Å². The number of rotatable bonds is 3. The first kappa shape index (κ1) is 19.0. The van der Waals surface area contributed by atoms with E-state index in [4.69, 9.17) is 15.2 Å². The number of carbonyl (C=O) groups is 1. The van der Waals surface area contributed by atoms with E-state index in [0.717, 1.165) is 12.8 Å². The number of halogens is 1. The second-order valence-corrected chi connectivity index (χ2v) is 7.60. The number of morpholine rings is 1. The highest BCUT2D eigenvalue weighted by molar-refractivity contribution is 5.89. The average Bonchev–Trinajstić information content (AvgIpc) is 2.53. The van der Waals surface area contributed by atoms with Crippen molar-refractivity contribution in [1.82, 2.24) is 4.90 Å². The minimum absolute atomic E-state index is 0. The van der Waals surface area contributed by atoms with Gasteiger partial charge in [-0.15, -0.1) is 12.4 Å². The zero-order chi connectivity index (χ0) is 16.0. The molecule has 6 heteroatoms. The van der Waals surface area contributed by atoms with Crippen molar-refractivity contribution in [3.05, 3.63) is 0 Å². The molecule has 0 aromatic heterocycles. The Morgan fingerprint density at radius 1 is 1.35 bits per heavy atom. The van der Waals surface area contributed by atoms with Crippen LogP contribution >= 0.6 is 12.4 Å². The van der Waals surface area contributed by atoms with Crippen molar-refractivity contribution in [2.75, 3.05) is 19.8 Å². The Bertz CT molecular complexity index is 444. The number of nitrogens with two attached hydrogens (primary N) is 1. The van der Waals surface area contributed by atoms with E-state index in [1.807, 2.05) is 11.8 Å². The van der Waals surface area contributed by atoms with Gasteiger partial charge in [0.1, 0.15) is 5.54 Å². The van der Waals surface area contributed by atoms with Crippen LogP contribution in [0.25, 0.3) is 0 Å². The number of carbonyl (C=O) groups excluding carboxylic acids is 1. The number of ether oxygens (including phenoxy) is 2. The predicted octanol–water partition coefficient (Wildman–Crippen LogP) is 2.11. The van der Waals surface area contributed by atoms with E-state index in [1.54, 1.807) is 0 Å². The number of nitrogens with zero attached hydrogens (tertiary/aromatic N) is 1. The van der Waals surface area contributed by atoms with Crippen LogP contribution in [-0.4, -0.2) is 54.4 Å². The summed E-state index contributed by atoms with van der Waals surface area (Å²) in [6.45, 7) is 8.09. The Kier molecular flexibility index (Phi) is 5.66. The molecule has 23 heavy (non-hydrogen) atoms. The summed E-state index contributed by atoms with van der Waals surface area (Å²) in [5, 5.41) is 0. The fourth-order valence-electron chi connectivity index (χ4n) is 4.40. The molecule has 2 N–H and O–H groups in total. The van der Waals surface area contributed by atoms with Gasteiger partial charge in [-0.1, -0.05) is 26.7 Å². The van der Waals surface area contributed by atoms with Crippen LogP contribution in [0.3, 0.4) is 0 Å². The van der Waals surface area contributed by atoms with Gasteiger partial charge in [0.2, 0.25) is 5.91 Å². The fourth-order valence-corrected chi connectivity index (χ4v) is 4.40. The zero-order valence-electron chi connectivity index (χ0n) is 14.5. The highest BCUT2D eigenvalue weighted by atomic mass is 35.5. The molecule has 5 nitrogen and oxygen atoms in total. The third-order valence-corrected chi connectivity index (χ3v) is 6.20. The highest BCUT2D eigenvalue weighted by Gasteiger charge is 2.64. The molecule has 2 saturated carbocycles. The topological polar surface area (TPSA) is 64.8 Å². The van der Waals surface area contributed by atoms with E-state index >= 15 is 0 Å². The predicted molar refractivity (Wildman–Crippen MR) is 91.7 cm³/mol. The maximum Gasteiger partial charge on any atom is 0.243 e. The van der Waals surface area contributed by atoms with Gasteiger partial charge in [0.15, 0.2) is 0 Å². The molecule has 3 aliphatic rings. The molecule has 0 spiro atoms. The second kappa shape index (κ2) is 6.87. The molecule has 0 aromatic carbocycles. The van der Waals surface area contributed by atoms with Gasteiger partial charge in [-0.2, -0.15) is 0 Å². The second-order valence-electron chi connectivity index (χ2n) is 7.60. The molecule has 2 aliphatic carbocycles. The van der Waals surface area contributed by atoms with Gasteiger partial charge < -0.3 is 20.1 Å². The van der Waals surface area contributed by atoms with Gasteiger partial charge in [-0.3, -0.25) is 4.79 Å².